The standard InChI is InChI=1S/C28H35IN2OSi/c1-19(2)27-30-25(29)18-31(27)26-23-16-20(17-24(23)26)32-33(28(3,4)5,21-12-8-6-9-13-21)22-14-10-7-11-15-22/h6-15,18-20,23-24,26H,16-17H2,1-5H3/t20?,23-,24+,26+. The second kappa shape index (κ2) is 8.65. The zero-order valence-corrected chi connectivity index (χ0v) is 23.5. The van der Waals surface area contributed by atoms with E-state index in [0.29, 0.717) is 18.1 Å². The van der Waals surface area contributed by atoms with E-state index in [1.165, 1.54) is 16.2 Å². The molecule has 174 valence electrons. The highest BCUT2D eigenvalue weighted by molar-refractivity contribution is 14.1. The Labute approximate surface area is 213 Å². The van der Waals surface area contributed by atoms with Gasteiger partial charge in [-0.15, -0.1) is 0 Å². The van der Waals surface area contributed by atoms with Crippen LogP contribution in [0.25, 0.3) is 0 Å². The van der Waals surface area contributed by atoms with E-state index < -0.39 is 8.32 Å². The van der Waals surface area contributed by atoms with Crippen molar-refractivity contribution in [3.8, 4) is 0 Å². The molecule has 1 aromatic heterocycles. The molecule has 2 aliphatic rings. The SMILES string of the molecule is CC(C)c1nc(I)cn1[C@H]1[C@@H]2CC(O[Si](c3ccccc3)(c3ccccc3)C(C)(C)C)C[C@@H]21. The van der Waals surface area contributed by atoms with Crippen molar-refractivity contribution >= 4 is 41.3 Å². The van der Waals surface area contributed by atoms with E-state index in [-0.39, 0.29) is 5.04 Å². The zero-order valence-electron chi connectivity index (χ0n) is 20.3. The highest BCUT2D eigenvalue weighted by Gasteiger charge is 2.60. The molecule has 1 heterocycles. The molecule has 2 fully saturated rings. The molecular weight excluding hydrogens is 535 g/mol. The number of fused-ring (bicyclic) bond motifs is 1. The molecule has 0 saturated heterocycles. The van der Waals surface area contributed by atoms with Crippen molar-refractivity contribution in [1.82, 2.24) is 9.55 Å². The van der Waals surface area contributed by atoms with Gasteiger partial charge in [-0.2, -0.15) is 0 Å². The summed E-state index contributed by atoms with van der Waals surface area (Å²) in [5.41, 5.74) is 0. The average molecular weight is 571 g/mol. The molecule has 2 saturated carbocycles. The molecule has 0 amide bonds. The highest BCUT2D eigenvalue weighted by atomic mass is 127. The van der Waals surface area contributed by atoms with Crippen molar-refractivity contribution in [3.05, 3.63) is 76.4 Å². The molecule has 2 aromatic carbocycles. The second-order valence-electron chi connectivity index (χ2n) is 11.2. The lowest BCUT2D eigenvalue weighted by atomic mass is 10.1. The molecular formula is C28H35IN2OSi. The van der Waals surface area contributed by atoms with E-state index in [1.54, 1.807) is 0 Å². The molecule has 5 heteroatoms. The van der Waals surface area contributed by atoms with Crippen LogP contribution in [-0.2, 0) is 4.43 Å². The highest BCUT2D eigenvalue weighted by Crippen LogP contribution is 2.62. The van der Waals surface area contributed by atoms with Crippen LogP contribution >= 0.6 is 22.6 Å². The summed E-state index contributed by atoms with van der Waals surface area (Å²) in [6.07, 6.45) is 4.91. The molecule has 0 aliphatic heterocycles. The van der Waals surface area contributed by atoms with Crippen LogP contribution in [0.5, 0.6) is 0 Å². The lowest BCUT2D eigenvalue weighted by molar-refractivity contribution is 0.173. The Bertz CT molecular complexity index is 1050. The maximum absolute atomic E-state index is 7.42. The van der Waals surface area contributed by atoms with Crippen LogP contribution in [0.3, 0.4) is 0 Å². The van der Waals surface area contributed by atoms with Crippen molar-refractivity contribution < 1.29 is 4.43 Å². The van der Waals surface area contributed by atoms with Crippen LogP contribution in [0, 0.1) is 15.5 Å². The van der Waals surface area contributed by atoms with Crippen LogP contribution in [0.4, 0.5) is 0 Å². The maximum atomic E-state index is 7.42. The Balaban J connectivity index is 1.44. The van der Waals surface area contributed by atoms with Crippen LogP contribution in [0.1, 0.15) is 65.2 Å². The fourth-order valence-corrected chi connectivity index (χ4v) is 11.5. The van der Waals surface area contributed by atoms with Crippen molar-refractivity contribution in [2.75, 3.05) is 0 Å². The molecule has 2 aliphatic carbocycles. The molecule has 4 atom stereocenters. The van der Waals surface area contributed by atoms with E-state index >= 15 is 0 Å². The topological polar surface area (TPSA) is 27.1 Å². The van der Waals surface area contributed by atoms with Crippen LogP contribution in [0.2, 0.25) is 5.04 Å². The summed E-state index contributed by atoms with van der Waals surface area (Å²) >= 11 is 2.36. The molecule has 3 aromatic rings. The maximum Gasteiger partial charge on any atom is 0.261 e. The predicted molar refractivity (Wildman–Crippen MR) is 147 cm³/mol. The fraction of sp³-hybridized carbons (Fsp3) is 0.464. The Morgan fingerprint density at radius 2 is 1.45 bits per heavy atom. The predicted octanol–water partition coefficient (Wildman–Crippen LogP) is 6.14. The van der Waals surface area contributed by atoms with Gasteiger partial charge in [-0.1, -0.05) is 95.3 Å². The lowest BCUT2D eigenvalue weighted by Gasteiger charge is -2.45. The minimum absolute atomic E-state index is 0.0349. The van der Waals surface area contributed by atoms with Gasteiger partial charge >= 0.3 is 0 Å². The van der Waals surface area contributed by atoms with Gasteiger partial charge in [0.05, 0.1) is 0 Å². The first kappa shape index (κ1) is 23.3. The fourth-order valence-electron chi connectivity index (χ4n) is 6.25. The minimum Gasteiger partial charge on any atom is -0.404 e. The zero-order chi connectivity index (χ0) is 23.4. The van der Waals surface area contributed by atoms with Gasteiger partial charge in [0.15, 0.2) is 0 Å². The van der Waals surface area contributed by atoms with Crippen molar-refractivity contribution in [2.45, 2.75) is 70.6 Å². The Morgan fingerprint density at radius 3 is 1.91 bits per heavy atom. The van der Waals surface area contributed by atoms with Crippen LogP contribution < -0.4 is 10.4 Å². The van der Waals surface area contributed by atoms with Gasteiger partial charge < -0.3 is 8.99 Å². The number of imidazole rings is 1. The first-order chi connectivity index (χ1) is 15.7. The summed E-state index contributed by atoms with van der Waals surface area (Å²) in [4.78, 5) is 4.81. The smallest absolute Gasteiger partial charge is 0.261 e. The normalized spacial score (nSPS) is 24.8. The number of halogens is 1. The van der Waals surface area contributed by atoms with Gasteiger partial charge in [-0.25, -0.2) is 4.98 Å². The molecule has 33 heavy (non-hydrogen) atoms. The third-order valence-corrected chi connectivity index (χ3v) is 13.3. The quantitative estimate of drug-likeness (QED) is 0.263. The molecule has 1 unspecified atom stereocenters. The second-order valence-corrected chi connectivity index (χ2v) is 16.5. The molecule has 3 nitrogen and oxygen atoms in total. The summed E-state index contributed by atoms with van der Waals surface area (Å²) in [5.74, 6) is 3.13. The molecule has 5 rings (SSSR count). The number of hydrogen-bond donors (Lipinski definition) is 0. The Morgan fingerprint density at radius 1 is 0.939 bits per heavy atom. The van der Waals surface area contributed by atoms with Gasteiger partial charge in [0, 0.05) is 24.3 Å². The largest absolute Gasteiger partial charge is 0.404 e. The summed E-state index contributed by atoms with van der Waals surface area (Å²) in [7, 11) is -2.47. The summed E-state index contributed by atoms with van der Waals surface area (Å²) in [5, 5.41) is 2.80. The number of nitrogens with zero attached hydrogens (tertiary/aromatic N) is 2. The summed E-state index contributed by atoms with van der Waals surface area (Å²) < 4.78 is 11.0. The number of aromatic nitrogens is 2. The number of rotatable bonds is 6. The van der Waals surface area contributed by atoms with Crippen molar-refractivity contribution in [3.63, 3.8) is 0 Å². The Hall–Kier alpha value is -1.44. The molecule has 0 N–H and O–H groups in total. The van der Waals surface area contributed by atoms with Crippen molar-refractivity contribution in [2.24, 2.45) is 11.8 Å². The van der Waals surface area contributed by atoms with Gasteiger partial charge in [0.25, 0.3) is 8.32 Å². The van der Waals surface area contributed by atoms with E-state index in [2.05, 4.69) is 129 Å². The monoisotopic (exact) mass is 570 g/mol. The van der Waals surface area contributed by atoms with Crippen LogP contribution in [0.15, 0.2) is 66.9 Å². The van der Waals surface area contributed by atoms with Gasteiger partial charge in [-0.3, -0.25) is 0 Å². The first-order valence-corrected chi connectivity index (χ1v) is 15.2. The number of hydrogen-bond acceptors (Lipinski definition) is 2. The summed E-state index contributed by atoms with van der Waals surface area (Å²) in [6, 6.07) is 22.7. The average Bonchev–Trinajstić information content (AvgIpc) is 3.09. The van der Waals surface area contributed by atoms with Crippen LogP contribution in [-0.4, -0.2) is 24.0 Å². The minimum atomic E-state index is -2.47. The lowest BCUT2D eigenvalue weighted by Crippen LogP contribution is -2.67. The van der Waals surface area contributed by atoms with E-state index in [1.807, 2.05) is 0 Å². The van der Waals surface area contributed by atoms with E-state index in [0.717, 1.165) is 28.4 Å². The van der Waals surface area contributed by atoms with Gasteiger partial charge in [0.1, 0.15) is 9.53 Å². The molecule has 0 bridgehead atoms. The molecule has 0 spiro atoms. The summed E-state index contributed by atoms with van der Waals surface area (Å²) in [6.45, 7) is 11.6. The van der Waals surface area contributed by atoms with E-state index in [9.17, 15) is 0 Å². The first-order valence-electron chi connectivity index (χ1n) is 12.3. The Kier molecular flexibility index (Phi) is 6.11. The third-order valence-electron chi connectivity index (χ3n) is 7.69. The van der Waals surface area contributed by atoms with Gasteiger partial charge in [-0.05, 0) is 62.7 Å². The van der Waals surface area contributed by atoms with Crippen molar-refractivity contribution in [1.29, 1.82) is 0 Å². The number of benzene rings is 2. The van der Waals surface area contributed by atoms with Gasteiger partial charge in [0.2, 0.25) is 0 Å². The third kappa shape index (κ3) is 4.04. The molecule has 0 radical (unpaired) electrons. The van der Waals surface area contributed by atoms with E-state index in [4.69, 9.17) is 9.41 Å².